The number of rotatable bonds is 6. The zero-order valence-corrected chi connectivity index (χ0v) is 19.2. The van der Waals surface area contributed by atoms with Crippen LogP contribution in [0.4, 0.5) is 0 Å². The molecule has 0 radical (unpaired) electrons. The van der Waals surface area contributed by atoms with Gasteiger partial charge in [0.05, 0.1) is 26.0 Å². The maximum absolute atomic E-state index is 5.87. The number of aryl methyl sites for hydroxylation is 2. The second-order valence-electron chi connectivity index (χ2n) is 8.38. The molecule has 166 valence electrons. The average Bonchev–Trinajstić information content (AvgIpc) is 3.38. The van der Waals surface area contributed by atoms with E-state index in [4.69, 9.17) is 14.5 Å². The molecular weight excluding hydrogens is 400 g/mol. The van der Waals surface area contributed by atoms with Crippen molar-refractivity contribution in [3.8, 4) is 11.5 Å². The lowest BCUT2D eigenvalue weighted by Gasteiger charge is -2.36. The van der Waals surface area contributed by atoms with Crippen molar-refractivity contribution in [2.75, 3.05) is 20.8 Å². The van der Waals surface area contributed by atoms with Crippen molar-refractivity contribution < 1.29 is 9.47 Å². The molecule has 1 aliphatic rings. The smallest absolute Gasteiger partial charge is 0.165 e. The number of para-hydroxylation sites is 2. The van der Waals surface area contributed by atoms with Crippen LogP contribution in [0.2, 0.25) is 0 Å². The average molecular weight is 431 g/mol. The van der Waals surface area contributed by atoms with Crippen molar-refractivity contribution in [3.05, 3.63) is 76.5 Å². The van der Waals surface area contributed by atoms with Crippen LogP contribution < -0.4 is 9.47 Å². The summed E-state index contributed by atoms with van der Waals surface area (Å²) in [4.78, 5) is 14.5. The number of H-pyrrole nitrogens is 2. The maximum atomic E-state index is 5.87. The molecule has 6 nitrogen and oxygen atoms in total. The van der Waals surface area contributed by atoms with E-state index in [0.29, 0.717) is 0 Å². The lowest BCUT2D eigenvalue weighted by molar-refractivity contribution is 0.195. The molecule has 0 fully saturated rings. The molecule has 2 aromatic heterocycles. The number of ether oxygens (including phenoxy) is 2. The van der Waals surface area contributed by atoms with Crippen LogP contribution in [-0.2, 0) is 19.4 Å². The molecule has 0 amide bonds. The molecule has 3 heterocycles. The summed E-state index contributed by atoms with van der Waals surface area (Å²) in [5.41, 5.74) is 7.14. The van der Waals surface area contributed by atoms with E-state index in [1.165, 1.54) is 22.2 Å². The van der Waals surface area contributed by atoms with Gasteiger partial charge in [-0.25, -0.2) is 4.98 Å². The quantitative estimate of drug-likeness (QED) is 0.455. The monoisotopic (exact) mass is 430 g/mol. The second kappa shape index (κ2) is 8.36. The normalized spacial score (nSPS) is 16.3. The highest BCUT2D eigenvalue weighted by atomic mass is 16.5. The Kier molecular flexibility index (Phi) is 5.39. The minimum absolute atomic E-state index is 0.0115. The van der Waals surface area contributed by atoms with Gasteiger partial charge in [0.25, 0.3) is 0 Å². The van der Waals surface area contributed by atoms with Gasteiger partial charge in [-0.3, -0.25) is 4.90 Å². The zero-order valence-electron chi connectivity index (χ0n) is 19.2. The zero-order chi connectivity index (χ0) is 22.2. The van der Waals surface area contributed by atoms with Crippen LogP contribution in [0.5, 0.6) is 11.5 Å². The molecule has 0 bridgehead atoms. The number of aromatic nitrogens is 3. The third kappa shape index (κ3) is 3.35. The fourth-order valence-electron chi connectivity index (χ4n) is 5.02. The largest absolute Gasteiger partial charge is 0.493 e. The van der Waals surface area contributed by atoms with Gasteiger partial charge in [-0.2, -0.15) is 0 Å². The molecule has 0 saturated carbocycles. The first-order valence-corrected chi connectivity index (χ1v) is 11.2. The van der Waals surface area contributed by atoms with E-state index in [9.17, 15) is 0 Å². The van der Waals surface area contributed by atoms with Crippen LogP contribution in [0.1, 0.15) is 47.0 Å². The van der Waals surface area contributed by atoms with Gasteiger partial charge < -0.3 is 19.4 Å². The Morgan fingerprint density at radius 2 is 1.91 bits per heavy atom. The van der Waals surface area contributed by atoms with Gasteiger partial charge >= 0.3 is 0 Å². The molecule has 2 N–H and O–H groups in total. The molecular formula is C26H30N4O2. The summed E-state index contributed by atoms with van der Waals surface area (Å²) in [7, 11) is 3.40. The maximum Gasteiger partial charge on any atom is 0.165 e. The van der Waals surface area contributed by atoms with Gasteiger partial charge in [0.1, 0.15) is 5.82 Å². The molecule has 6 heteroatoms. The summed E-state index contributed by atoms with van der Waals surface area (Å²) in [6.07, 6.45) is 1.90. The van der Waals surface area contributed by atoms with Crippen molar-refractivity contribution in [2.45, 2.75) is 39.3 Å². The highest BCUT2D eigenvalue weighted by Crippen LogP contribution is 2.44. The van der Waals surface area contributed by atoms with Crippen molar-refractivity contribution >= 4 is 10.9 Å². The Bertz CT molecular complexity index is 1260. The van der Waals surface area contributed by atoms with Crippen LogP contribution in [0.15, 0.2) is 42.5 Å². The minimum Gasteiger partial charge on any atom is -0.493 e. The highest BCUT2D eigenvalue weighted by molar-refractivity contribution is 5.85. The standard InChI is InChI=1S/C26H30N4O2/c1-5-23-27-16(2)21(28-23)15-30-14-13-18-17-9-6-7-11-20(17)29-24(18)25(30)19-10-8-12-22(31-3)26(19)32-4/h6-12,25,29H,5,13-15H2,1-4H3,(H,27,28)/t25-/m0/s1. The fraction of sp³-hybridized carbons (Fsp3) is 0.346. The molecule has 1 aliphatic heterocycles. The van der Waals surface area contributed by atoms with Crippen molar-refractivity contribution in [2.24, 2.45) is 0 Å². The van der Waals surface area contributed by atoms with Crippen molar-refractivity contribution in [1.29, 1.82) is 0 Å². The summed E-state index contributed by atoms with van der Waals surface area (Å²) in [6, 6.07) is 14.7. The Hall–Kier alpha value is -3.25. The fourth-order valence-corrected chi connectivity index (χ4v) is 5.02. The highest BCUT2D eigenvalue weighted by Gasteiger charge is 2.34. The number of nitrogens with one attached hydrogen (secondary N) is 2. The van der Waals surface area contributed by atoms with Gasteiger partial charge in [-0.05, 0) is 31.0 Å². The molecule has 0 saturated heterocycles. The number of hydrogen-bond donors (Lipinski definition) is 2. The summed E-state index contributed by atoms with van der Waals surface area (Å²) >= 11 is 0. The first kappa shape index (κ1) is 20.6. The molecule has 4 aromatic rings. The third-order valence-corrected chi connectivity index (χ3v) is 6.58. The second-order valence-corrected chi connectivity index (χ2v) is 8.38. The van der Waals surface area contributed by atoms with Crippen LogP contribution in [-0.4, -0.2) is 40.6 Å². The minimum atomic E-state index is 0.0115. The van der Waals surface area contributed by atoms with E-state index in [2.05, 4.69) is 59.0 Å². The van der Waals surface area contributed by atoms with Crippen LogP contribution >= 0.6 is 0 Å². The molecule has 0 aliphatic carbocycles. The van der Waals surface area contributed by atoms with Crippen LogP contribution in [0.25, 0.3) is 10.9 Å². The number of fused-ring (bicyclic) bond motifs is 3. The van der Waals surface area contributed by atoms with Gasteiger partial charge in [0.15, 0.2) is 11.5 Å². The molecule has 32 heavy (non-hydrogen) atoms. The van der Waals surface area contributed by atoms with Crippen molar-refractivity contribution in [3.63, 3.8) is 0 Å². The predicted octanol–water partition coefficient (Wildman–Crippen LogP) is 4.93. The van der Waals surface area contributed by atoms with E-state index in [1.807, 2.05) is 12.1 Å². The van der Waals surface area contributed by atoms with Gasteiger partial charge in [0.2, 0.25) is 0 Å². The number of methoxy groups -OCH3 is 2. The molecule has 5 rings (SSSR count). The summed E-state index contributed by atoms with van der Waals surface area (Å²) < 4.78 is 11.5. The summed E-state index contributed by atoms with van der Waals surface area (Å²) in [5, 5.41) is 1.30. The number of benzene rings is 2. The number of imidazole rings is 1. The Morgan fingerprint density at radius 3 is 2.66 bits per heavy atom. The molecule has 1 atom stereocenters. The molecule has 0 spiro atoms. The van der Waals surface area contributed by atoms with Gasteiger partial charge in [-0.15, -0.1) is 0 Å². The van der Waals surface area contributed by atoms with Crippen molar-refractivity contribution in [1.82, 2.24) is 19.9 Å². The van der Waals surface area contributed by atoms with E-state index in [0.717, 1.165) is 60.2 Å². The Balaban J connectivity index is 1.66. The number of hydrogen-bond acceptors (Lipinski definition) is 4. The molecule has 0 unspecified atom stereocenters. The Labute approximate surface area is 188 Å². The van der Waals surface area contributed by atoms with E-state index in [-0.39, 0.29) is 6.04 Å². The number of nitrogens with zero attached hydrogens (tertiary/aromatic N) is 2. The van der Waals surface area contributed by atoms with E-state index in [1.54, 1.807) is 14.2 Å². The third-order valence-electron chi connectivity index (χ3n) is 6.58. The molecule has 2 aromatic carbocycles. The lowest BCUT2D eigenvalue weighted by Crippen LogP contribution is -2.36. The lowest BCUT2D eigenvalue weighted by atomic mass is 9.91. The van der Waals surface area contributed by atoms with Crippen LogP contribution in [0, 0.1) is 6.92 Å². The summed E-state index contributed by atoms with van der Waals surface area (Å²) in [6.45, 7) is 5.94. The number of aromatic amines is 2. The first-order chi connectivity index (χ1) is 15.6. The predicted molar refractivity (Wildman–Crippen MR) is 127 cm³/mol. The van der Waals surface area contributed by atoms with Gasteiger partial charge in [-0.1, -0.05) is 37.3 Å². The van der Waals surface area contributed by atoms with E-state index >= 15 is 0 Å². The topological polar surface area (TPSA) is 66.2 Å². The SMILES string of the molecule is CCc1nc(CN2CCc3c([nH]c4ccccc34)[C@@H]2c2cccc(OC)c2OC)c(C)[nH]1. The van der Waals surface area contributed by atoms with Crippen LogP contribution in [0.3, 0.4) is 0 Å². The summed E-state index contributed by atoms with van der Waals surface area (Å²) in [5.74, 6) is 2.57. The van der Waals surface area contributed by atoms with Gasteiger partial charge in [0, 0.05) is 47.4 Å². The van der Waals surface area contributed by atoms with E-state index < -0.39 is 0 Å². The first-order valence-electron chi connectivity index (χ1n) is 11.2. The Morgan fingerprint density at radius 1 is 1.06 bits per heavy atom.